The molecule has 3 nitrogen and oxygen atoms in total. The minimum Gasteiger partial charge on any atom is -0.388 e. The van der Waals surface area contributed by atoms with Crippen LogP contribution in [0.2, 0.25) is 0 Å². The van der Waals surface area contributed by atoms with Gasteiger partial charge < -0.3 is 10.2 Å². The van der Waals surface area contributed by atoms with E-state index in [1.165, 1.54) is 16.8 Å². The Morgan fingerprint density at radius 2 is 1.86 bits per heavy atom. The Morgan fingerprint density at radius 1 is 1.14 bits per heavy atom. The lowest BCUT2D eigenvalue weighted by Gasteiger charge is -2.22. The molecule has 3 heteroatoms. The summed E-state index contributed by atoms with van der Waals surface area (Å²) in [6.07, 6.45) is 1.02. The maximum atomic E-state index is 4.82. The molecule has 0 fully saturated rings. The van der Waals surface area contributed by atoms with Crippen molar-refractivity contribution in [1.82, 2.24) is 4.98 Å². The molecule has 0 amide bonds. The first-order valence-corrected chi connectivity index (χ1v) is 7.95. The fraction of sp³-hybridized carbons (Fsp3) is 0.500. The normalized spacial score (nSPS) is 11.1. The molecule has 1 N–H and O–H groups in total. The monoisotopic (exact) mass is 285 g/mol. The molecule has 0 saturated heterocycles. The van der Waals surface area contributed by atoms with Crippen LogP contribution in [-0.4, -0.2) is 25.1 Å². The number of anilines is 2. The first kappa shape index (κ1) is 15.6. The highest BCUT2D eigenvalue weighted by Crippen LogP contribution is 2.28. The summed E-state index contributed by atoms with van der Waals surface area (Å²) >= 11 is 0. The standard InChI is InChI=1S/C18H27N3/c1-6-21(7-2)15-8-9-17-16(12-15)18(19-5)11-14(20-17)10-13(3)4/h8-9,11-13H,6-7,10H2,1-5H3,(H,19,20). The van der Waals surface area contributed by atoms with Gasteiger partial charge in [-0.3, -0.25) is 4.98 Å². The van der Waals surface area contributed by atoms with Crippen molar-refractivity contribution in [3.8, 4) is 0 Å². The number of nitrogens with zero attached hydrogens (tertiary/aromatic N) is 2. The van der Waals surface area contributed by atoms with E-state index in [2.05, 4.69) is 62.2 Å². The summed E-state index contributed by atoms with van der Waals surface area (Å²) < 4.78 is 0. The zero-order valence-electron chi connectivity index (χ0n) is 13.9. The summed E-state index contributed by atoms with van der Waals surface area (Å²) in [5, 5.41) is 4.53. The van der Waals surface area contributed by atoms with Crippen molar-refractivity contribution in [3.05, 3.63) is 30.0 Å². The molecule has 1 heterocycles. The Morgan fingerprint density at radius 3 is 2.43 bits per heavy atom. The van der Waals surface area contributed by atoms with Gasteiger partial charge in [0.05, 0.1) is 5.52 Å². The van der Waals surface area contributed by atoms with Crippen molar-refractivity contribution < 1.29 is 0 Å². The number of rotatable bonds is 6. The van der Waals surface area contributed by atoms with Gasteiger partial charge in [0.1, 0.15) is 0 Å². The summed E-state index contributed by atoms with van der Waals surface area (Å²) in [7, 11) is 1.98. The van der Waals surface area contributed by atoms with Crippen molar-refractivity contribution in [2.45, 2.75) is 34.1 Å². The van der Waals surface area contributed by atoms with Crippen molar-refractivity contribution in [1.29, 1.82) is 0 Å². The van der Waals surface area contributed by atoms with E-state index >= 15 is 0 Å². The van der Waals surface area contributed by atoms with Gasteiger partial charge >= 0.3 is 0 Å². The fourth-order valence-electron chi connectivity index (χ4n) is 2.78. The van der Waals surface area contributed by atoms with Gasteiger partial charge in [0, 0.05) is 42.6 Å². The molecule has 114 valence electrons. The minimum atomic E-state index is 0.620. The summed E-state index contributed by atoms with van der Waals surface area (Å²) in [6.45, 7) is 10.9. The van der Waals surface area contributed by atoms with E-state index in [-0.39, 0.29) is 0 Å². The molecule has 0 aliphatic carbocycles. The molecule has 0 aliphatic rings. The van der Waals surface area contributed by atoms with Gasteiger partial charge in [-0.15, -0.1) is 0 Å². The molecule has 0 bridgehead atoms. The predicted molar refractivity (Wildman–Crippen MR) is 93.4 cm³/mol. The lowest BCUT2D eigenvalue weighted by molar-refractivity contribution is 0.637. The van der Waals surface area contributed by atoms with Gasteiger partial charge in [0.25, 0.3) is 0 Å². The summed E-state index contributed by atoms with van der Waals surface area (Å²) in [5.74, 6) is 0.620. The number of hydrogen-bond acceptors (Lipinski definition) is 3. The van der Waals surface area contributed by atoms with Crippen molar-refractivity contribution in [3.63, 3.8) is 0 Å². The maximum absolute atomic E-state index is 4.82. The average molecular weight is 285 g/mol. The molecule has 2 aromatic rings. The molecule has 0 unspecified atom stereocenters. The molecular weight excluding hydrogens is 258 g/mol. The molecular formula is C18H27N3. The van der Waals surface area contributed by atoms with Crippen LogP contribution in [0.5, 0.6) is 0 Å². The first-order valence-electron chi connectivity index (χ1n) is 7.95. The van der Waals surface area contributed by atoms with Crippen LogP contribution in [0.15, 0.2) is 24.3 Å². The first-order chi connectivity index (χ1) is 10.1. The zero-order chi connectivity index (χ0) is 15.4. The van der Waals surface area contributed by atoms with Crippen LogP contribution in [0.3, 0.4) is 0 Å². The SMILES string of the molecule is CCN(CC)c1ccc2nc(CC(C)C)cc(NC)c2c1. The third-order valence-electron chi connectivity index (χ3n) is 3.86. The second-order valence-electron chi connectivity index (χ2n) is 5.88. The largest absolute Gasteiger partial charge is 0.388 e. The predicted octanol–water partition coefficient (Wildman–Crippen LogP) is 4.32. The topological polar surface area (TPSA) is 28.2 Å². The van der Waals surface area contributed by atoms with Crippen LogP contribution in [0.25, 0.3) is 10.9 Å². The van der Waals surface area contributed by atoms with Crippen LogP contribution in [0.1, 0.15) is 33.4 Å². The third kappa shape index (κ3) is 3.46. The number of nitrogens with one attached hydrogen (secondary N) is 1. The zero-order valence-corrected chi connectivity index (χ0v) is 13.9. The molecule has 2 rings (SSSR count). The Hall–Kier alpha value is -1.77. The Bertz CT molecular complexity index is 601. The van der Waals surface area contributed by atoms with Crippen molar-refractivity contribution >= 4 is 22.3 Å². The van der Waals surface area contributed by atoms with Gasteiger partial charge in [-0.2, -0.15) is 0 Å². The Labute approximate surface area is 128 Å². The molecule has 0 saturated carbocycles. The lowest BCUT2D eigenvalue weighted by Crippen LogP contribution is -2.21. The van der Waals surface area contributed by atoms with E-state index in [4.69, 9.17) is 4.98 Å². The van der Waals surface area contributed by atoms with Gasteiger partial charge in [-0.05, 0) is 50.5 Å². The minimum absolute atomic E-state index is 0.620. The van der Waals surface area contributed by atoms with E-state index in [9.17, 15) is 0 Å². The molecule has 0 atom stereocenters. The summed E-state index contributed by atoms with van der Waals surface area (Å²) in [5.41, 5.74) is 4.68. The number of fused-ring (bicyclic) bond motifs is 1. The lowest BCUT2D eigenvalue weighted by atomic mass is 10.0. The second kappa shape index (κ2) is 6.79. The molecule has 1 aromatic carbocycles. The smallest absolute Gasteiger partial charge is 0.0727 e. The molecule has 0 aliphatic heterocycles. The van der Waals surface area contributed by atoms with E-state index in [1.54, 1.807) is 0 Å². The van der Waals surface area contributed by atoms with E-state index in [0.29, 0.717) is 5.92 Å². The number of pyridine rings is 1. The van der Waals surface area contributed by atoms with Crippen LogP contribution in [0.4, 0.5) is 11.4 Å². The molecule has 0 radical (unpaired) electrons. The van der Waals surface area contributed by atoms with Crippen molar-refractivity contribution in [2.75, 3.05) is 30.4 Å². The van der Waals surface area contributed by atoms with Gasteiger partial charge in [-0.25, -0.2) is 0 Å². The molecule has 21 heavy (non-hydrogen) atoms. The molecule has 1 aromatic heterocycles. The fourth-order valence-corrected chi connectivity index (χ4v) is 2.78. The van der Waals surface area contributed by atoms with Crippen molar-refractivity contribution in [2.24, 2.45) is 5.92 Å². The van der Waals surface area contributed by atoms with Gasteiger partial charge in [0.15, 0.2) is 0 Å². The third-order valence-corrected chi connectivity index (χ3v) is 3.86. The maximum Gasteiger partial charge on any atom is 0.0727 e. The Kier molecular flexibility index (Phi) is 5.05. The highest BCUT2D eigenvalue weighted by atomic mass is 15.1. The van der Waals surface area contributed by atoms with Gasteiger partial charge in [-0.1, -0.05) is 13.8 Å². The van der Waals surface area contributed by atoms with Gasteiger partial charge in [0.2, 0.25) is 0 Å². The quantitative estimate of drug-likeness (QED) is 0.856. The van der Waals surface area contributed by atoms with Crippen LogP contribution in [-0.2, 0) is 6.42 Å². The van der Waals surface area contributed by atoms with E-state index in [0.717, 1.165) is 30.7 Å². The van der Waals surface area contributed by atoms with Crippen LogP contribution < -0.4 is 10.2 Å². The molecule has 0 spiro atoms. The number of benzene rings is 1. The average Bonchev–Trinajstić information content (AvgIpc) is 2.47. The number of hydrogen-bond donors (Lipinski definition) is 1. The summed E-state index contributed by atoms with van der Waals surface area (Å²) in [4.78, 5) is 7.18. The van der Waals surface area contributed by atoms with Crippen LogP contribution >= 0.6 is 0 Å². The number of aromatic nitrogens is 1. The Balaban J connectivity index is 2.51. The summed E-state index contributed by atoms with van der Waals surface area (Å²) in [6, 6.07) is 8.77. The van der Waals surface area contributed by atoms with Crippen LogP contribution in [0, 0.1) is 5.92 Å². The highest BCUT2D eigenvalue weighted by molar-refractivity contribution is 5.93. The van der Waals surface area contributed by atoms with E-state index in [1.807, 2.05) is 7.05 Å². The second-order valence-corrected chi connectivity index (χ2v) is 5.88. The highest BCUT2D eigenvalue weighted by Gasteiger charge is 2.09. The van der Waals surface area contributed by atoms with E-state index < -0.39 is 0 Å².